The molecule has 0 unspecified atom stereocenters. The zero-order valence-corrected chi connectivity index (χ0v) is 9.44. The molecule has 1 aliphatic rings. The normalized spacial score (nSPS) is 18.6. The molecule has 1 aliphatic heterocycles. The van der Waals surface area contributed by atoms with Gasteiger partial charge in [-0.05, 0) is 38.9 Å². The number of likely N-dealkylation sites (tertiary alicyclic amines) is 1. The molecule has 1 saturated heterocycles. The molecule has 0 saturated carbocycles. The Labute approximate surface area is 94.4 Å². The fourth-order valence-corrected chi connectivity index (χ4v) is 1.90. The van der Waals surface area contributed by atoms with Crippen LogP contribution in [0.15, 0.2) is 6.33 Å². The second kappa shape index (κ2) is 5.07. The topological polar surface area (TPSA) is 73.9 Å². The van der Waals surface area contributed by atoms with Crippen LogP contribution in [-0.2, 0) is 0 Å². The second-order valence-corrected chi connectivity index (χ2v) is 4.29. The van der Waals surface area contributed by atoms with E-state index < -0.39 is 0 Å². The number of carbonyl (C=O) groups excluding carboxylic acids is 1. The maximum absolute atomic E-state index is 11.6. The highest BCUT2D eigenvalue weighted by molar-refractivity contribution is 5.90. The lowest BCUT2D eigenvalue weighted by molar-refractivity contribution is 0.0929. The van der Waals surface area contributed by atoms with Crippen LogP contribution in [0.25, 0.3) is 0 Å². The van der Waals surface area contributed by atoms with Crippen molar-refractivity contribution < 1.29 is 4.79 Å². The van der Waals surface area contributed by atoms with E-state index in [4.69, 9.17) is 0 Å². The summed E-state index contributed by atoms with van der Waals surface area (Å²) >= 11 is 0. The van der Waals surface area contributed by atoms with Gasteiger partial charge in [0.2, 0.25) is 5.82 Å². The van der Waals surface area contributed by atoms with E-state index in [0.29, 0.717) is 5.92 Å². The summed E-state index contributed by atoms with van der Waals surface area (Å²) in [4.78, 5) is 17.7. The summed E-state index contributed by atoms with van der Waals surface area (Å²) in [6.45, 7) is 2.96. The minimum absolute atomic E-state index is 0.170. The summed E-state index contributed by atoms with van der Waals surface area (Å²) in [5.41, 5.74) is 0. The summed E-state index contributed by atoms with van der Waals surface area (Å²) in [6, 6.07) is 0. The van der Waals surface area contributed by atoms with Crippen LogP contribution >= 0.6 is 0 Å². The molecule has 6 nitrogen and oxygen atoms in total. The molecule has 1 amide bonds. The molecule has 6 heteroatoms. The molecule has 0 atom stereocenters. The summed E-state index contributed by atoms with van der Waals surface area (Å²) in [5, 5.41) is 9.07. The van der Waals surface area contributed by atoms with Gasteiger partial charge in [0.05, 0.1) is 0 Å². The number of piperidine rings is 1. The van der Waals surface area contributed by atoms with Gasteiger partial charge in [-0.2, -0.15) is 5.10 Å². The van der Waals surface area contributed by atoms with E-state index in [1.807, 2.05) is 0 Å². The van der Waals surface area contributed by atoms with Crippen LogP contribution in [0.1, 0.15) is 23.5 Å². The van der Waals surface area contributed by atoms with Crippen molar-refractivity contribution in [1.29, 1.82) is 0 Å². The fourth-order valence-electron chi connectivity index (χ4n) is 1.90. The first-order chi connectivity index (χ1) is 7.75. The molecule has 2 rings (SSSR count). The molecule has 88 valence electrons. The van der Waals surface area contributed by atoms with Crippen molar-refractivity contribution in [3.05, 3.63) is 12.2 Å². The van der Waals surface area contributed by atoms with Gasteiger partial charge in [-0.3, -0.25) is 9.89 Å². The summed E-state index contributed by atoms with van der Waals surface area (Å²) in [7, 11) is 2.13. The van der Waals surface area contributed by atoms with Gasteiger partial charge in [0.1, 0.15) is 6.33 Å². The number of aromatic amines is 1. The monoisotopic (exact) mass is 223 g/mol. The zero-order chi connectivity index (χ0) is 11.4. The van der Waals surface area contributed by atoms with Crippen molar-refractivity contribution in [2.24, 2.45) is 5.92 Å². The first-order valence-electron chi connectivity index (χ1n) is 5.58. The molecule has 0 bridgehead atoms. The lowest BCUT2D eigenvalue weighted by atomic mass is 9.97. The van der Waals surface area contributed by atoms with Gasteiger partial charge in [-0.15, -0.1) is 0 Å². The van der Waals surface area contributed by atoms with Crippen LogP contribution in [0.3, 0.4) is 0 Å². The zero-order valence-electron chi connectivity index (χ0n) is 9.44. The average Bonchev–Trinajstić information content (AvgIpc) is 2.81. The van der Waals surface area contributed by atoms with Crippen molar-refractivity contribution in [3.63, 3.8) is 0 Å². The Morgan fingerprint density at radius 1 is 1.62 bits per heavy atom. The van der Waals surface area contributed by atoms with Crippen molar-refractivity contribution >= 4 is 5.91 Å². The third kappa shape index (κ3) is 2.79. The van der Waals surface area contributed by atoms with Crippen molar-refractivity contribution in [2.75, 3.05) is 26.7 Å². The van der Waals surface area contributed by atoms with E-state index in [1.165, 1.54) is 6.33 Å². The van der Waals surface area contributed by atoms with Crippen molar-refractivity contribution in [1.82, 2.24) is 25.4 Å². The average molecular weight is 223 g/mol. The maximum atomic E-state index is 11.6. The van der Waals surface area contributed by atoms with E-state index >= 15 is 0 Å². The van der Waals surface area contributed by atoms with E-state index in [9.17, 15) is 4.79 Å². The molecule has 1 fully saturated rings. The number of rotatable bonds is 3. The Morgan fingerprint density at radius 3 is 3.00 bits per heavy atom. The molecule has 16 heavy (non-hydrogen) atoms. The lowest BCUT2D eigenvalue weighted by Crippen LogP contribution is -2.37. The number of nitrogens with one attached hydrogen (secondary N) is 2. The van der Waals surface area contributed by atoms with Crippen LogP contribution in [-0.4, -0.2) is 52.7 Å². The molecule has 2 N–H and O–H groups in total. The Kier molecular flexibility index (Phi) is 3.51. The van der Waals surface area contributed by atoms with Gasteiger partial charge in [0, 0.05) is 6.54 Å². The number of nitrogens with zero attached hydrogens (tertiary/aromatic N) is 3. The number of aromatic nitrogens is 3. The first kappa shape index (κ1) is 11.1. The molecule has 0 aromatic carbocycles. The van der Waals surface area contributed by atoms with Gasteiger partial charge in [0.15, 0.2) is 0 Å². The van der Waals surface area contributed by atoms with E-state index in [2.05, 4.69) is 32.4 Å². The number of amides is 1. The third-order valence-electron chi connectivity index (χ3n) is 3.02. The molecule has 0 radical (unpaired) electrons. The highest BCUT2D eigenvalue weighted by Crippen LogP contribution is 2.14. The van der Waals surface area contributed by atoms with Crippen LogP contribution in [0.5, 0.6) is 0 Å². The Bertz CT molecular complexity index is 329. The third-order valence-corrected chi connectivity index (χ3v) is 3.02. The van der Waals surface area contributed by atoms with Crippen molar-refractivity contribution in [2.45, 2.75) is 12.8 Å². The smallest absolute Gasteiger partial charge is 0.288 e. The van der Waals surface area contributed by atoms with E-state index in [1.54, 1.807) is 0 Å². The minimum atomic E-state index is -0.170. The molecule has 0 aliphatic carbocycles. The molecule has 0 spiro atoms. The van der Waals surface area contributed by atoms with Gasteiger partial charge in [0.25, 0.3) is 5.91 Å². The Hall–Kier alpha value is -1.43. The summed E-state index contributed by atoms with van der Waals surface area (Å²) < 4.78 is 0. The summed E-state index contributed by atoms with van der Waals surface area (Å²) in [5.74, 6) is 0.701. The van der Waals surface area contributed by atoms with Crippen LogP contribution in [0.4, 0.5) is 0 Å². The van der Waals surface area contributed by atoms with Gasteiger partial charge in [-0.25, -0.2) is 4.98 Å². The van der Waals surface area contributed by atoms with Crippen LogP contribution < -0.4 is 5.32 Å². The highest BCUT2D eigenvalue weighted by Gasteiger charge is 2.18. The van der Waals surface area contributed by atoms with Crippen LogP contribution in [0.2, 0.25) is 0 Å². The van der Waals surface area contributed by atoms with Gasteiger partial charge >= 0.3 is 0 Å². The second-order valence-electron chi connectivity index (χ2n) is 4.29. The highest BCUT2D eigenvalue weighted by atomic mass is 16.2. The maximum Gasteiger partial charge on any atom is 0.288 e. The predicted octanol–water partition coefficient (Wildman–Crippen LogP) is -0.124. The molecule has 2 heterocycles. The fraction of sp³-hybridized carbons (Fsp3) is 0.700. The quantitative estimate of drug-likeness (QED) is 0.749. The standard InChI is InChI=1S/C10H17N5O/c1-15-4-2-8(3-5-15)6-11-10(16)9-12-7-13-14-9/h7-8H,2-6H2,1H3,(H,11,16)(H,12,13,14). The number of hydrogen-bond acceptors (Lipinski definition) is 4. The van der Waals surface area contributed by atoms with Crippen LogP contribution in [0, 0.1) is 5.92 Å². The van der Waals surface area contributed by atoms with Gasteiger partial charge in [-0.1, -0.05) is 0 Å². The predicted molar refractivity (Wildman–Crippen MR) is 58.9 cm³/mol. The largest absolute Gasteiger partial charge is 0.349 e. The lowest BCUT2D eigenvalue weighted by Gasteiger charge is -2.28. The van der Waals surface area contributed by atoms with Crippen molar-refractivity contribution in [3.8, 4) is 0 Å². The molecular weight excluding hydrogens is 206 g/mol. The first-order valence-corrected chi connectivity index (χ1v) is 5.58. The Balaban J connectivity index is 1.73. The Morgan fingerprint density at radius 2 is 2.38 bits per heavy atom. The SMILES string of the molecule is CN1CCC(CNC(=O)c2ncn[nH]2)CC1. The molecule has 1 aromatic heterocycles. The summed E-state index contributed by atoms with van der Waals surface area (Å²) in [6.07, 6.45) is 3.63. The molecule has 1 aromatic rings. The number of carbonyl (C=O) groups is 1. The molecular formula is C10H17N5O. The number of hydrogen-bond donors (Lipinski definition) is 2. The van der Waals surface area contributed by atoms with E-state index in [0.717, 1.165) is 32.5 Å². The van der Waals surface area contributed by atoms with Gasteiger partial charge < -0.3 is 10.2 Å². The number of H-pyrrole nitrogens is 1. The van der Waals surface area contributed by atoms with E-state index in [-0.39, 0.29) is 11.7 Å². The minimum Gasteiger partial charge on any atom is -0.349 e.